The summed E-state index contributed by atoms with van der Waals surface area (Å²) >= 11 is 0. The highest BCUT2D eigenvalue weighted by molar-refractivity contribution is 5.98. The number of benzene rings is 1. The summed E-state index contributed by atoms with van der Waals surface area (Å²) in [6.45, 7) is 9.25. The molecule has 1 aromatic carbocycles. The van der Waals surface area contributed by atoms with Crippen molar-refractivity contribution in [3.8, 4) is 0 Å². The molecule has 0 N–H and O–H groups in total. The average Bonchev–Trinajstić information content (AvgIpc) is 2.66. The molecule has 1 aliphatic rings. The number of hydrogen-bond donors (Lipinski definition) is 0. The van der Waals surface area contributed by atoms with Crippen LogP contribution in [0.1, 0.15) is 46.1 Å². The van der Waals surface area contributed by atoms with Crippen LogP contribution in [0.4, 0.5) is 10.5 Å². The molecule has 2 rings (SSSR count). The van der Waals surface area contributed by atoms with E-state index in [2.05, 4.69) is 5.16 Å². The second kappa shape index (κ2) is 10.2. The lowest BCUT2D eigenvalue weighted by atomic mass is 10.1. The zero-order chi connectivity index (χ0) is 21.4. The van der Waals surface area contributed by atoms with E-state index in [4.69, 9.17) is 14.3 Å². The molecule has 0 unspecified atom stereocenters. The van der Waals surface area contributed by atoms with Crippen LogP contribution >= 0.6 is 0 Å². The summed E-state index contributed by atoms with van der Waals surface area (Å²) < 4.78 is 11.2. The normalized spacial score (nSPS) is 15.9. The molecule has 0 aromatic heterocycles. The van der Waals surface area contributed by atoms with E-state index in [9.17, 15) is 14.9 Å². The van der Waals surface area contributed by atoms with E-state index >= 15 is 0 Å². The molecule has 1 aromatic rings. The number of rotatable bonds is 7. The molecule has 29 heavy (non-hydrogen) atoms. The van der Waals surface area contributed by atoms with Crippen LogP contribution in [-0.4, -0.2) is 59.6 Å². The number of nitrogens with zero attached hydrogens (tertiary/aromatic N) is 3. The predicted molar refractivity (Wildman–Crippen MR) is 108 cm³/mol. The second-order valence-electron chi connectivity index (χ2n) is 7.85. The van der Waals surface area contributed by atoms with Gasteiger partial charge in [-0.1, -0.05) is 5.16 Å². The first-order valence-corrected chi connectivity index (χ1v) is 9.66. The van der Waals surface area contributed by atoms with E-state index < -0.39 is 10.5 Å². The number of ether oxygens (including phenoxy) is 2. The van der Waals surface area contributed by atoms with Gasteiger partial charge in [-0.05, 0) is 58.2 Å². The lowest BCUT2D eigenvalue weighted by Crippen LogP contribution is -2.43. The summed E-state index contributed by atoms with van der Waals surface area (Å²) in [7, 11) is 0. The van der Waals surface area contributed by atoms with Gasteiger partial charge in [0.1, 0.15) is 12.2 Å². The zero-order valence-corrected chi connectivity index (χ0v) is 17.4. The molecular weight excluding hydrogens is 378 g/mol. The molecule has 1 heterocycles. The summed E-state index contributed by atoms with van der Waals surface area (Å²) in [6.07, 6.45) is 1.31. The van der Waals surface area contributed by atoms with E-state index in [1.165, 1.54) is 12.1 Å². The number of carbonyl (C=O) groups excluding carboxylic acids is 1. The van der Waals surface area contributed by atoms with E-state index in [1.54, 1.807) is 24.0 Å². The van der Waals surface area contributed by atoms with Crippen molar-refractivity contribution in [3.63, 3.8) is 0 Å². The predicted octanol–water partition coefficient (Wildman–Crippen LogP) is 3.75. The van der Waals surface area contributed by atoms with Gasteiger partial charge in [0.15, 0.2) is 0 Å². The maximum Gasteiger partial charge on any atom is 0.410 e. The molecular formula is C20H29N3O6. The molecule has 0 atom stereocenters. The maximum absolute atomic E-state index is 12.0. The molecule has 0 saturated carbocycles. The molecule has 1 saturated heterocycles. The maximum atomic E-state index is 12.0. The molecule has 9 heteroatoms. The molecule has 1 fully saturated rings. The van der Waals surface area contributed by atoms with Crippen LogP contribution in [0.5, 0.6) is 0 Å². The van der Waals surface area contributed by atoms with E-state index in [0.29, 0.717) is 32.0 Å². The molecule has 1 amide bonds. The molecule has 0 radical (unpaired) electrons. The van der Waals surface area contributed by atoms with Crippen molar-refractivity contribution >= 4 is 17.5 Å². The summed E-state index contributed by atoms with van der Waals surface area (Å²) in [5.74, 6) is 0. The number of likely N-dealkylation sites (tertiary alicyclic amines) is 1. The standard InChI is InChI=1S/C20H29N3O6/c1-15(16-5-7-17(8-6-16)23(25)26)21-28-14-13-27-18-9-11-22(12-10-18)19(24)29-20(2,3)4/h5-8,18H,9-14H2,1-4H3. The van der Waals surface area contributed by atoms with E-state index in [1.807, 2.05) is 20.8 Å². The number of amides is 1. The van der Waals surface area contributed by atoms with Gasteiger partial charge < -0.3 is 19.2 Å². The van der Waals surface area contributed by atoms with Crippen molar-refractivity contribution in [2.75, 3.05) is 26.3 Å². The molecule has 160 valence electrons. The quantitative estimate of drug-likeness (QED) is 0.295. The van der Waals surface area contributed by atoms with Gasteiger partial charge in [-0.2, -0.15) is 0 Å². The Morgan fingerprint density at radius 2 is 1.83 bits per heavy atom. The second-order valence-corrected chi connectivity index (χ2v) is 7.85. The Hall–Kier alpha value is -2.68. The molecule has 9 nitrogen and oxygen atoms in total. The first-order chi connectivity index (χ1) is 13.7. The monoisotopic (exact) mass is 407 g/mol. The Morgan fingerprint density at radius 3 is 2.38 bits per heavy atom. The number of nitro groups is 1. The number of piperidine rings is 1. The van der Waals surface area contributed by atoms with Gasteiger partial charge >= 0.3 is 6.09 Å². The third-order valence-electron chi connectivity index (χ3n) is 4.32. The van der Waals surface area contributed by atoms with Crippen LogP contribution < -0.4 is 0 Å². The Labute approximate surface area is 170 Å². The van der Waals surface area contributed by atoms with Crippen LogP contribution in [0, 0.1) is 10.1 Å². The molecule has 0 aliphatic carbocycles. The third-order valence-corrected chi connectivity index (χ3v) is 4.32. The van der Waals surface area contributed by atoms with Crippen LogP contribution in [0.15, 0.2) is 29.4 Å². The molecule has 0 spiro atoms. The summed E-state index contributed by atoms with van der Waals surface area (Å²) in [5.41, 5.74) is 0.930. The van der Waals surface area contributed by atoms with Crippen molar-refractivity contribution < 1.29 is 24.0 Å². The van der Waals surface area contributed by atoms with Gasteiger partial charge in [0.05, 0.1) is 23.3 Å². The summed E-state index contributed by atoms with van der Waals surface area (Å²) in [4.78, 5) is 29.3. The van der Waals surface area contributed by atoms with Gasteiger partial charge in [-0.3, -0.25) is 10.1 Å². The topological polar surface area (TPSA) is 104 Å². The van der Waals surface area contributed by atoms with Crippen molar-refractivity contribution in [2.24, 2.45) is 5.16 Å². The summed E-state index contributed by atoms with van der Waals surface area (Å²) in [5, 5.41) is 14.7. The highest BCUT2D eigenvalue weighted by Crippen LogP contribution is 2.17. The first-order valence-electron chi connectivity index (χ1n) is 9.66. The SMILES string of the molecule is CC(=NOCCOC1CCN(C(=O)OC(C)(C)C)CC1)c1ccc([N+](=O)[O-])cc1. The minimum absolute atomic E-state index is 0.0357. The van der Waals surface area contributed by atoms with Crippen LogP contribution in [-0.2, 0) is 14.3 Å². The highest BCUT2D eigenvalue weighted by Gasteiger charge is 2.27. The fourth-order valence-corrected chi connectivity index (χ4v) is 2.80. The number of carbonyl (C=O) groups is 1. The van der Waals surface area contributed by atoms with E-state index in [0.717, 1.165) is 18.4 Å². The molecule has 0 bridgehead atoms. The van der Waals surface area contributed by atoms with Crippen molar-refractivity contribution in [1.82, 2.24) is 4.90 Å². The third kappa shape index (κ3) is 7.69. The largest absolute Gasteiger partial charge is 0.444 e. The Kier molecular flexibility index (Phi) is 7.95. The fourth-order valence-electron chi connectivity index (χ4n) is 2.80. The highest BCUT2D eigenvalue weighted by atomic mass is 16.6. The van der Waals surface area contributed by atoms with Crippen molar-refractivity contribution in [2.45, 2.75) is 52.2 Å². The Morgan fingerprint density at radius 1 is 1.21 bits per heavy atom. The number of non-ortho nitro benzene ring substituents is 1. The van der Waals surface area contributed by atoms with Crippen molar-refractivity contribution in [1.29, 1.82) is 0 Å². The van der Waals surface area contributed by atoms with Gasteiger partial charge in [0, 0.05) is 25.2 Å². The Bertz CT molecular complexity index is 719. The van der Waals surface area contributed by atoms with E-state index in [-0.39, 0.29) is 17.9 Å². The number of hydrogen-bond acceptors (Lipinski definition) is 7. The van der Waals surface area contributed by atoms with Crippen LogP contribution in [0.25, 0.3) is 0 Å². The lowest BCUT2D eigenvalue weighted by molar-refractivity contribution is -0.384. The zero-order valence-electron chi connectivity index (χ0n) is 17.4. The van der Waals surface area contributed by atoms with Gasteiger partial charge in [0.25, 0.3) is 5.69 Å². The molecule has 1 aliphatic heterocycles. The summed E-state index contributed by atoms with van der Waals surface area (Å²) in [6, 6.07) is 6.13. The minimum atomic E-state index is -0.491. The van der Waals surface area contributed by atoms with Gasteiger partial charge in [-0.15, -0.1) is 0 Å². The minimum Gasteiger partial charge on any atom is -0.444 e. The van der Waals surface area contributed by atoms with Crippen LogP contribution in [0.2, 0.25) is 0 Å². The van der Waals surface area contributed by atoms with Crippen LogP contribution in [0.3, 0.4) is 0 Å². The average molecular weight is 407 g/mol. The van der Waals surface area contributed by atoms with Gasteiger partial charge in [0.2, 0.25) is 0 Å². The lowest BCUT2D eigenvalue weighted by Gasteiger charge is -2.33. The number of oxime groups is 1. The smallest absolute Gasteiger partial charge is 0.410 e. The first kappa shape index (κ1) is 22.6. The Balaban J connectivity index is 1.65. The van der Waals surface area contributed by atoms with Crippen molar-refractivity contribution in [3.05, 3.63) is 39.9 Å². The van der Waals surface area contributed by atoms with Gasteiger partial charge in [-0.25, -0.2) is 4.79 Å². The number of nitro benzene ring substituents is 1. The fraction of sp³-hybridized carbons (Fsp3) is 0.600.